The molecule has 0 saturated heterocycles. The Bertz CT molecular complexity index is 364. The lowest BCUT2D eigenvalue weighted by Crippen LogP contribution is -2.32. The third-order valence-electron chi connectivity index (χ3n) is 3.90. The Morgan fingerprint density at radius 2 is 2.17 bits per heavy atom. The Morgan fingerprint density at radius 1 is 1.33 bits per heavy atom. The zero-order valence-electron chi connectivity index (χ0n) is 11.6. The molecule has 1 aromatic rings. The van der Waals surface area contributed by atoms with Crippen LogP contribution in [0.15, 0.2) is 24.3 Å². The molecule has 1 aromatic carbocycles. The van der Waals surface area contributed by atoms with Gasteiger partial charge in [0.15, 0.2) is 0 Å². The van der Waals surface area contributed by atoms with E-state index in [1.54, 1.807) is 11.1 Å². The summed E-state index contributed by atoms with van der Waals surface area (Å²) in [6.07, 6.45) is 4.72. The van der Waals surface area contributed by atoms with Crippen molar-refractivity contribution in [2.24, 2.45) is 0 Å². The summed E-state index contributed by atoms with van der Waals surface area (Å²) in [5.74, 6) is 0.754. The van der Waals surface area contributed by atoms with Gasteiger partial charge in [-0.05, 0) is 49.8 Å². The van der Waals surface area contributed by atoms with Gasteiger partial charge in [-0.25, -0.2) is 0 Å². The van der Waals surface area contributed by atoms with Gasteiger partial charge in [0.05, 0.1) is 0 Å². The van der Waals surface area contributed by atoms with Gasteiger partial charge in [-0.2, -0.15) is 0 Å². The molecule has 0 aliphatic heterocycles. The van der Waals surface area contributed by atoms with Gasteiger partial charge in [-0.15, -0.1) is 0 Å². The summed E-state index contributed by atoms with van der Waals surface area (Å²) >= 11 is 0. The summed E-state index contributed by atoms with van der Waals surface area (Å²) in [4.78, 5) is 0. The first-order valence-electron chi connectivity index (χ1n) is 7.18. The third-order valence-corrected chi connectivity index (χ3v) is 3.90. The molecule has 1 aliphatic carbocycles. The minimum atomic E-state index is 0.584. The van der Waals surface area contributed by atoms with Crippen LogP contribution in [-0.2, 0) is 11.2 Å². The zero-order chi connectivity index (χ0) is 12.8. The fraction of sp³-hybridized carbons (Fsp3) is 0.625. The Kier molecular flexibility index (Phi) is 5.21. The number of benzene rings is 1. The molecule has 2 unspecified atom stereocenters. The van der Waals surface area contributed by atoms with Crippen molar-refractivity contribution >= 4 is 0 Å². The van der Waals surface area contributed by atoms with Crippen molar-refractivity contribution in [1.29, 1.82) is 0 Å². The van der Waals surface area contributed by atoms with Crippen LogP contribution in [0.4, 0.5) is 0 Å². The average Bonchev–Trinajstić information content (AvgIpc) is 2.38. The molecule has 2 nitrogen and oxygen atoms in total. The molecule has 2 heteroatoms. The van der Waals surface area contributed by atoms with Crippen LogP contribution in [0, 0.1) is 0 Å². The molecule has 1 aliphatic rings. The van der Waals surface area contributed by atoms with Gasteiger partial charge in [-0.1, -0.05) is 31.2 Å². The molecule has 18 heavy (non-hydrogen) atoms. The van der Waals surface area contributed by atoms with E-state index < -0.39 is 0 Å². The second-order valence-corrected chi connectivity index (χ2v) is 5.22. The number of hydrogen-bond donors (Lipinski definition) is 1. The molecule has 0 amide bonds. The topological polar surface area (TPSA) is 21.3 Å². The maximum absolute atomic E-state index is 5.58. The molecule has 0 heterocycles. The minimum Gasteiger partial charge on any atom is -0.381 e. The highest BCUT2D eigenvalue weighted by atomic mass is 16.5. The van der Waals surface area contributed by atoms with Gasteiger partial charge < -0.3 is 10.1 Å². The molecule has 0 spiro atoms. The molecule has 0 fully saturated rings. The summed E-state index contributed by atoms with van der Waals surface area (Å²) in [7, 11) is 2.06. The van der Waals surface area contributed by atoms with Crippen LogP contribution in [-0.4, -0.2) is 26.3 Å². The van der Waals surface area contributed by atoms with E-state index >= 15 is 0 Å². The molecular formula is C16H25NO. The van der Waals surface area contributed by atoms with Crippen molar-refractivity contribution in [3.63, 3.8) is 0 Å². The van der Waals surface area contributed by atoms with Crippen LogP contribution in [0.3, 0.4) is 0 Å². The van der Waals surface area contributed by atoms with E-state index in [1.807, 2.05) is 0 Å². The lowest BCUT2D eigenvalue weighted by molar-refractivity contribution is 0.123. The number of ether oxygens (including phenoxy) is 1. The van der Waals surface area contributed by atoms with Crippen molar-refractivity contribution in [3.8, 4) is 0 Å². The SMILES string of the molecule is CCCOCCC(CC1Cc2ccccc21)NC. The summed E-state index contributed by atoms with van der Waals surface area (Å²) in [6.45, 7) is 3.93. The van der Waals surface area contributed by atoms with Crippen LogP contribution in [0.2, 0.25) is 0 Å². The first-order chi connectivity index (χ1) is 8.85. The van der Waals surface area contributed by atoms with E-state index in [4.69, 9.17) is 4.74 Å². The first kappa shape index (κ1) is 13.6. The van der Waals surface area contributed by atoms with E-state index in [2.05, 4.69) is 43.6 Å². The molecule has 0 radical (unpaired) electrons. The zero-order valence-corrected chi connectivity index (χ0v) is 11.6. The Morgan fingerprint density at radius 3 is 2.89 bits per heavy atom. The second-order valence-electron chi connectivity index (χ2n) is 5.22. The van der Waals surface area contributed by atoms with Crippen molar-refractivity contribution in [2.45, 2.75) is 44.6 Å². The smallest absolute Gasteiger partial charge is 0.0480 e. The standard InChI is InChI=1S/C16H25NO/c1-3-9-18-10-8-15(17-2)12-14-11-13-6-4-5-7-16(13)14/h4-7,14-15,17H,3,8-12H2,1-2H3. The molecular weight excluding hydrogens is 222 g/mol. The maximum atomic E-state index is 5.58. The Balaban J connectivity index is 1.75. The van der Waals surface area contributed by atoms with E-state index in [0.29, 0.717) is 6.04 Å². The molecule has 1 N–H and O–H groups in total. The molecule has 2 atom stereocenters. The summed E-state index contributed by atoms with van der Waals surface area (Å²) in [6, 6.07) is 9.42. The van der Waals surface area contributed by atoms with Gasteiger partial charge >= 0.3 is 0 Å². The number of fused-ring (bicyclic) bond motifs is 1. The highest BCUT2D eigenvalue weighted by molar-refractivity contribution is 5.39. The lowest BCUT2D eigenvalue weighted by Gasteiger charge is -2.33. The van der Waals surface area contributed by atoms with Crippen molar-refractivity contribution < 1.29 is 4.74 Å². The van der Waals surface area contributed by atoms with Gasteiger partial charge in [0.25, 0.3) is 0 Å². The van der Waals surface area contributed by atoms with Gasteiger partial charge in [0.1, 0.15) is 0 Å². The fourth-order valence-electron chi connectivity index (χ4n) is 2.77. The van der Waals surface area contributed by atoms with E-state index in [1.165, 1.54) is 12.8 Å². The molecule has 0 bridgehead atoms. The summed E-state index contributed by atoms with van der Waals surface area (Å²) < 4.78 is 5.58. The normalized spacial score (nSPS) is 19.1. The van der Waals surface area contributed by atoms with Crippen LogP contribution in [0.25, 0.3) is 0 Å². The molecule has 2 rings (SSSR count). The van der Waals surface area contributed by atoms with Crippen molar-refractivity contribution in [2.75, 3.05) is 20.3 Å². The van der Waals surface area contributed by atoms with Crippen molar-refractivity contribution in [1.82, 2.24) is 5.32 Å². The van der Waals surface area contributed by atoms with Gasteiger partial charge in [0, 0.05) is 19.3 Å². The largest absolute Gasteiger partial charge is 0.381 e. The number of rotatable bonds is 8. The molecule has 0 aromatic heterocycles. The predicted octanol–water partition coefficient (Wildman–Crippen LogP) is 3.12. The quantitative estimate of drug-likeness (QED) is 0.713. The lowest BCUT2D eigenvalue weighted by atomic mass is 9.74. The Hall–Kier alpha value is -0.860. The number of hydrogen-bond acceptors (Lipinski definition) is 2. The average molecular weight is 247 g/mol. The Labute approximate surface area is 111 Å². The van der Waals surface area contributed by atoms with E-state index in [-0.39, 0.29) is 0 Å². The second kappa shape index (κ2) is 6.91. The maximum Gasteiger partial charge on any atom is 0.0480 e. The molecule has 100 valence electrons. The summed E-state index contributed by atoms with van der Waals surface area (Å²) in [5.41, 5.74) is 3.10. The molecule has 0 saturated carbocycles. The fourth-order valence-corrected chi connectivity index (χ4v) is 2.77. The van der Waals surface area contributed by atoms with Crippen LogP contribution < -0.4 is 5.32 Å². The van der Waals surface area contributed by atoms with Crippen molar-refractivity contribution in [3.05, 3.63) is 35.4 Å². The van der Waals surface area contributed by atoms with E-state index in [0.717, 1.165) is 32.0 Å². The minimum absolute atomic E-state index is 0.584. The van der Waals surface area contributed by atoms with E-state index in [9.17, 15) is 0 Å². The van der Waals surface area contributed by atoms with Gasteiger partial charge in [-0.3, -0.25) is 0 Å². The van der Waals surface area contributed by atoms with Gasteiger partial charge in [0.2, 0.25) is 0 Å². The summed E-state index contributed by atoms with van der Waals surface area (Å²) in [5, 5.41) is 3.43. The van der Waals surface area contributed by atoms with Crippen LogP contribution in [0.5, 0.6) is 0 Å². The highest BCUT2D eigenvalue weighted by Crippen LogP contribution is 2.38. The number of nitrogens with one attached hydrogen (secondary N) is 1. The first-order valence-corrected chi connectivity index (χ1v) is 7.18. The van der Waals surface area contributed by atoms with Crippen LogP contribution in [0.1, 0.15) is 43.2 Å². The third kappa shape index (κ3) is 3.33. The highest BCUT2D eigenvalue weighted by Gasteiger charge is 2.27. The van der Waals surface area contributed by atoms with Crippen LogP contribution >= 0.6 is 0 Å². The monoisotopic (exact) mass is 247 g/mol. The predicted molar refractivity (Wildman–Crippen MR) is 76.1 cm³/mol.